The van der Waals surface area contributed by atoms with Gasteiger partial charge in [-0.2, -0.15) is 5.10 Å². The molecule has 0 aliphatic heterocycles. The molecule has 6 heteroatoms. The maximum absolute atomic E-state index is 6.13. The van der Waals surface area contributed by atoms with Crippen molar-refractivity contribution in [2.45, 2.75) is 33.4 Å². The quantitative estimate of drug-likeness (QED) is 0.590. The Balaban J connectivity index is 2.12. The molecule has 0 atom stereocenters. The van der Waals surface area contributed by atoms with Gasteiger partial charge in [-0.25, -0.2) is 0 Å². The molecule has 2 aromatic heterocycles. The van der Waals surface area contributed by atoms with Crippen molar-refractivity contribution in [3.05, 3.63) is 47.4 Å². The number of allylic oxidation sites excluding steroid dienone is 4. The number of fused-ring (bicyclic) bond motifs is 1. The Morgan fingerprint density at radius 2 is 2.00 bits per heavy atom. The first-order valence-corrected chi connectivity index (χ1v) is 9.61. The van der Waals surface area contributed by atoms with E-state index in [1.807, 2.05) is 41.4 Å². The summed E-state index contributed by atoms with van der Waals surface area (Å²) in [5.41, 5.74) is 2.15. The predicted molar refractivity (Wildman–Crippen MR) is 110 cm³/mol. The van der Waals surface area contributed by atoms with Crippen molar-refractivity contribution in [1.29, 1.82) is 0 Å². The van der Waals surface area contributed by atoms with E-state index < -0.39 is 0 Å². The highest BCUT2D eigenvalue weighted by Crippen LogP contribution is 2.19. The molecule has 2 aromatic rings. The highest BCUT2D eigenvalue weighted by Gasteiger charge is 2.12. The molecule has 5 nitrogen and oxygen atoms in total. The number of likely N-dealkylation sites (N-methyl/N-ethyl adjacent to an activating group) is 2. The first-order chi connectivity index (χ1) is 12.5. The first kappa shape index (κ1) is 20.6. The Kier molecular flexibility index (Phi) is 8.29. The number of hydrogen-bond donors (Lipinski definition) is 0. The predicted octanol–water partition coefficient (Wildman–Crippen LogP) is 3.90. The molecule has 0 aliphatic rings. The number of halogens is 1. The summed E-state index contributed by atoms with van der Waals surface area (Å²) >= 11 is 6.13. The van der Waals surface area contributed by atoms with Gasteiger partial charge in [-0.15, -0.1) is 0 Å². The molecular weight excluding hydrogens is 346 g/mol. The van der Waals surface area contributed by atoms with Crippen LogP contribution in [0.1, 0.15) is 26.0 Å². The fourth-order valence-corrected chi connectivity index (χ4v) is 2.95. The van der Waals surface area contributed by atoms with Gasteiger partial charge in [0.05, 0.1) is 24.0 Å². The lowest BCUT2D eigenvalue weighted by atomic mass is 10.2. The largest absolute Gasteiger partial charge is 0.305 e. The summed E-state index contributed by atoms with van der Waals surface area (Å²) < 4.78 is 2.00. The highest BCUT2D eigenvalue weighted by atomic mass is 35.5. The molecule has 0 fully saturated rings. The fourth-order valence-electron chi connectivity index (χ4n) is 2.71. The Morgan fingerprint density at radius 3 is 2.73 bits per heavy atom. The molecule has 0 spiro atoms. The van der Waals surface area contributed by atoms with E-state index in [2.05, 4.69) is 42.7 Å². The van der Waals surface area contributed by atoms with E-state index in [1.165, 1.54) is 5.39 Å². The lowest BCUT2D eigenvalue weighted by Crippen LogP contribution is -2.30. The second kappa shape index (κ2) is 10.5. The molecule has 0 aromatic carbocycles. The third-order valence-electron chi connectivity index (χ3n) is 4.41. The van der Waals surface area contributed by atoms with Crippen LogP contribution in [0.3, 0.4) is 0 Å². The molecule has 0 saturated carbocycles. The third-order valence-corrected chi connectivity index (χ3v) is 4.69. The SMILES string of the molecule is CC/C=C(Cl)\C=C/Cn1nc(CN(C)CCN(C)CC)c2ccncc21. The van der Waals surface area contributed by atoms with Gasteiger partial charge in [-0.05, 0) is 39.2 Å². The fraction of sp³-hybridized carbons (Fsp3) is 0.500. The maximum atomic E-state index is 6.13. The molecule has 0 radical (unpaired) electrons. The molecule has 0 bridgehead atoms. The molecule has 0 aliphatic carbocycles. The van der Waals surface area contributed by atoms with Gasteiger partial charge in [0.2, 0.25) is 0 Å². The molecule has 26 heavy (non-hydrogen) atoms. The Labute approximate surface area is 161 Å². The first-order valence-electron chi connectivity index (χ1n) is 9.23. The molecular formula is C20H30ClN5. The molecule has 142 valence electrons. The van der Waals surface area contributed by atoms with Gasteiger partial charge in [-0.1, -0.05) is 37.6 Å². The van der Waals surface area contributed by atoms with Crippen LogP contribution in [0.25, 0.3) is 10.9 Å². The van der Waals surface area contributed by atoms with E-state index in [9.17, 15) is 0 Å². The van der Waals surface area contributed by atoms with Gasteiger partial charge in [0.25, 0.3) is 0 Å². The Bertz CT molecular complexity index is 750. The lowest BCUT2D eigenvalue weighted by Gasteiger charge is -2.20. The molecule has 2 heterocycles. The minimum atomic E-state index is 0.679. The summed E-state index contributed by atoms with van der Waals surface area (Å²) in [6.45, 7) is 8.89. The minimum absolute atomic E-state index is 0.679. The lowest BCUT2D eigenvalue weighted by molar-refractivity contribution is 0.256. The summed E-state index contributed by atoms with van der Waals surface area (Å²) in [5.74, 6) is 0. The van der Waals surface area contributed by atoms with E-state index in [0.29, 0.717) is 6.54 Å². The van der Waals surface area contributed by atoms with Crippen molar-refractivity contribution in [1.82, 2.24) is 24.6 Å². The molecule has 0 saturated heterocycles. The number of hydrogen-bond acceptors (Lipinski definition) is 4. The molecule has 2 rings (SSSR count). The summed E-state index contributed by atoms with van der Waals surface area (Å²) in [4.78, 5) is 8.90. The van der Waals surface area contributed by atoms with Gasteiger partial charge in [0.1, 0.15) is 0 Å². The van der Waals surface area contributed by atoms with Crippen molar-refractivity contribution >= 4 is 22.5 Å². The minimum Gasteiger partial charge on any atom is -0.305 e. The topological polar surface area (TPSA) is 37.2 Å². The highest BCUT2D eigenvalue weighted by molar-refractivity contribution is 6.31. The van der Waals surface area contributed by atoms with Crippen molar-refractivity contribution in [3.63, 3.8) is 0 Å². The molecule has 0 unspecified atom stereocenters. The van der Waals surface area contributed by atoms with Crippen LogP contribution in [0.4, 0.5) is 0 Å². The zero-order valence-electron chi connectivity index (χ0n) is 16.3. The summed E-state index contributed by atoms with van der Waals surface area (Å²) in [5, 5.41) is 6.76. The third kappa shape index (κ3) is 5.94. The van der Waals surface area contributed by atoms with Crippen LogP contribution in [0.5, 0.6) is 0 Å². The molecule has 0 N–H and O–H groups in total. The average Bonchev–Trinajstić information content (AvgIpc) is 2.98. The van der Waals surface area contributed by atoms with Crippen LogP contribution in [0.2, 0.25) is 0 Å². The normalized spacial score (nSPS) is 13.0. The number of nitrogens with zero attached hydrogens (tertiary/aromatic N) is 5. The van der Waals surface area contributed by atoms with Gasteiger partial charge in [0.15, 0.2) is 0 Å². The van der Waals surface area contributed by atoms with Crippen molar-refractivity contribution < 1.29 is 0 Å². The van der Waals surface area contributed by atoms with Crippen LogP contribution < -0.4 is 0 Å². The van der Waals surface area contributed by atoms with E-state index in [-0.39, 0.29) is 0 Å². The van der Waals surface area contributed by atoms with Crippen molar-refractivity contribution in [2.24, 2.45) is 0 Å². The standard InChI is InChI=1S/C20H30ClN5/c1-5-8-17(21)9-7-12-26-20-15-22-11-10-18(20)19(23-26)16-25(4)14-13-24(3)6-2/h7-11,15H,5-6,12-14,16H2,1-4H3/b9-7-,17-8+. The van der Waals surface area contributed by atoms with E-state index >= 15 is 0 Å². The molecule has 0 amide bonds. The Hall–Kier alpha value is -1.69. The van der Waals surface area contributed by atoms with Crippen molar-refractivity contribution in [3.8, 4) is 0 Å². The van der Waals surface area contributed by atoms with Crippen LogP contribution in [-0.2, 0) is 13.1 Å². The second-order valence-corrected chi connectivity index (χ2v) is 6.99. The number of aromatic nitrogens is 3. The van der Waals surface area contributed by atoms with Gasteiger partial charge >= 0.3 is 0 Å². The van der Waals surface area contributed by atoms with Gasteiger partial charge < -0.3 is 4.90 Å². The van der Waals surface area contributed by atoms with E-state index in [1.54, 1.807) is 0 Å². The Morgan fingerprint density at radius 1 is 1.23 bits per heavy atom. The van der Waals surface area contributed by atoms with Crippen LogP contribution >= 0.6 is 11.6 Å². The summed E-state index contributed by atoms with van der Waals surface area (Å²) in [7, 11) is 4.29. The van der Waals surface area contributed by atoms with Gasteiger partial charge in [0, 0.05) is 36.2 Å². The number of rotatable bonds is 10. The van der Waals surface area contributed by atoms with Gasteiger partial charge in [-0.3, -0.25) is 14.6 Å². The van der Waals surface area contributed by atoms with E-state index in [4.69, 9.17) is 16.7 Å². The van der Waals surface area contributed by atoms with Crippen molar-refractivity contribution in [2.75, 3.05) is 33.7 Å². The summed E-state index contributed by atoms with van der Waals surface area (Å²) in [6, 6.07) is 2.05. The monoisotopic (exact) mass is 375 g/mol. The smallest absolute Gasteiger partial charge is 0.0872 e. The van der Waals surface area contributed by atoms with E-state index in [0.717, 1.165) is 48.8 Å². The average molecular weight is 376 g/mol. The zero-order chi connectivity index (χ0) is 18.9. The second-order valence-electron chi connectivity index (χ2n) is 6.55. The zero-order valence-corrected chi connectivity index (χ0v) is 17.1. The van der Waals surface area contributed by atoms with Crippen LogP contribution in [0.15, 0.2) is 41.7 Å². The number of pyridine rings is 1. The maximum Gasteiger partial charge on any atom is 0.0872 e. The van der Waals surface area contributed by atoms with Crippen LogP contribution in [-0.4, -0.2) is 58.3 Å². The van der Waals surface area contributed by atoms with Crippen LogP contribution in [0, 0.1) is 0 Å². The summed E-state index contributed by atoms with van der Waals surface area (Å²) in [6.07, 6.45) is 10.6.